The molecule has 1 aliphatic carbocycles. The molecule has 2 aromatic rings. The molecule has 1 fully saturated rings. The number of halogens is 2. The van der Waals surface area contributed by atoms with E-state index >= 15 is 8.78 Å². The molecule has 0 heterocycles. The highest BCUT2D eigenvalue weighted by Gasteiger charge is 2.53. The van der Waals surface area contributed by atoms with Gasteiger partial charge in [-0.2, -0.15) is 0 Å². The van der Waals surface area contributed by atoms with Crippen LogP contribution in [0.15, 0.2) is 42.5 Å². The number of ether oxygens (including phenoxy) is 3. The Balaban J connectivity index is 1.97. The summed E-state index contributed by atoms with van der Waals surface area (Å²) in [6, 6.07) is 9.91. The van der Waals surface area contributed by atoms with Gasteiger partial charge in [0.05, 0.1) is 25.4 Å². The Labute approximate surface area is 251 Å². The van der Waals surface area contributed by atoms with E-state index in [0.717, 1.165) is 0 Å². The first-order chi connectivity index (χ1) is 20.4. The Morgan fingerprint density at radius 2 is 1.63 bits per heavy atom. The van der Waals surface area contributed by atoms with E-state index in [2.05, 4.69) is 5.32 Å². The van der Waals surface area contributed by atoms with Crippen molar-refractivity contribution in [2.24, 2.45) is 0 Å². The van der Waals surface area contributed by atoms with Gasteiger partial charge in [-0.05, 0) is 57.9 Å². The number of benzene rings is 2. The summed E-state index contributed by atoms with van der Waals surface area (Å²) in [5.41, 5.74) is -0.400. The Morgan fingerprint density at radius 3 is 2.12 bits per heavy atom. The first-order valence-corrected chi connectivity index (χ1v) is 14.7. The molecular formula is C32H42F2N2O7. The summed E-state index contributed by atoms with van der Waals surface area (Å²) in [6.45, 7) is 8.88. The van der Waals surface area contributed by atoms with E-state index in [9.17, 15) is 19.5 Å². The highest BCUT2D eigenvalue weighted by Crippen LogP contribution is 2.38. The monoisotopic (exact) mass is 604 g/mol. The zero-order valence-electron chi connectivity index (χ0n) is 25.5. The quantitative estimate of drug-likeness (QED) is 0.224. The molecule has 43 heavy (non-hydrogen) atoms. The molecule has 1 atom stereocenters. The third kappa shape index (κ3) is 8.43. The van der Waals surface area contributed by atoms with E-state index in [-0.39, 0.29) is 61.5 Å². The van der Waals surface area contributed by atoms with E-state index in [0.29, 0.717) is 17.7 Å². The number of hydrogen-bond donors (Lipinski definition) is 2. The van der Waals surface area contributed by atoms with Crippen molar-refractivity contribution in [2.75, 3.05) is 26.4 Å². The molecule has 2 N–H and O–H groups in total. The van der Waals surface area contributed by atoms with Crippen LogP contribution >= 0.6 is 0 Å². The number of nitrogens with one attached hydrogen (secondary N) is 1. The molecular weight excluding hydrogens is 562 g/mol. The maximum absolute atomic E-state index is 15.2. The van der Waals surface area contributed by atoms with E-state index in [1.165, 1.54) is 11.8 Å². The van der Waals surface area contributed by atoms with Crippen LogP contribution in [0.1, 0.15) is 81.4 Å². The number of hydrogen-bond acceptors (Lipinski definition) is 6. The molecule has 2 aromatic carbocycles. The third-order valence-corrected chi connectivity index (χ3v) is 7.59. The lowest BCUT2D eigenvalue weighted by Crippen LogP contribution is -2.66. The molecule has 0 radical (unpaired) electrons. The number of Topliss-reactive ketones (excluding diaryl/α,β-unsaturated/α-hetero) is 1. The second-order valence-corrected chi connectivity index (χ2v) is 10.8. The maximum atomic E-state index is 15.2. The fraction of sp³-hybridized carbons (Fsp3) is 0.531. The molecule has 0 saturated heterocycles. The molecule has 0 unspecified atom stereocenters. The predicted molar refractivity (Wildman–Crippen MR) is 157 cm³/mol. The fourth-order valence-corrected chi connectivity index (χ4v) is 5.33. The van der Waals surface area contributed by atoms with Crippen molar-refractivity contribution in [3.05, 3.63) is 59.2 Å². The lowest BCUT2D eigenvalue weighted by molar-refractivity contribution is -0.156. The van der Waals surface area contributed by atoms with Gasteiger partial charge in [0.1, 0.15) is 22.6 Å². The molecule has 0 aromatic heterocycles. The van der Waals surface area contributed by atoms with E-state index in [1.54, 1.807) is 70.2 Å². The van der Waals surface area contributed by atoms with Crippen LogP contribution in [0.2, 0.25) is 0 Å². The van der Waals surface area contributed by atoms with Gasteiger partial charge in [0, 0.05) is 38.8 Å². The van der Waals surface area contributed by atoms with E-state index in [1.807, 2.05) is 0 Å². The minimum atomic E-state index is -3.15. The number of alkyl halides is 2. The molecule has 11 heteroatoms. The van der Waals surface area contributed by atoms with Crippen molar-refractivity contribution in [1.29, 1.82) is 0 Å². The molecule has 236 valence electrons. The second-order valence-electron chi connectivity index (χ2n) is 10.8. The highest BCUT2D eigenvalue weighted by atomic mass is 19.3. The van der Waals surface area contributed by atoms with Gasteiger partial charge in [0.25, 0.3) is 5.92 Å². The number of rotatable bonds is 16. The van der Waals surface area contributed by atoms with Gasteiger partial charge in [0.2, 0.25) is 0 Å². The van der Waals surface area contributed by atoms with Crippen LogP contribution in [-0.4, -0.2) is 71.7 Å². The van der Waals surface area contributed by atoms with Crippen molar-refractivity contribution < 1.29 is 42.5 Å². The normalized spacial score (nSPS) is 18.7. The summed E-state index contributed by atoms with van der Waals surface area (Å²) in [7, 11) is 0. The van der Waals surface area contributed by atoms with Crippen molar-refractivity contribution in [1.82, 2.24) is 10.2 Å². The van der Waals surface area contributed by atoms with Gasteiger partial charge in [-0.3, -0.25) is 4.79 Å². The summed E-state index contributed by atoms with van der Waals surface area (Å²) in [6.07, 6.45) is -1.38. The number of carboxylic acids is 1. The molecule has 2 amide bonds. The molecule has 0 bridgehead atoms. The fourth-order valence-electron chi connectivity index (χ4n) is 5.33. The average Bonchev–Trinajstić information content (AvgIpc) is 2.91. The standard InChI is InChI=1S/C32H42F2N2O7/c1-6-41-25-19-31(20-25,29(38)39)35-30(40)36(15-14-32(33,34)18-23-12-10-9-11-13-23)21(4)24-16-26(42-7-2)28(22(5)37)27(17-24)43-8-3/h9-13,16-17,21,25H,6-8,14-15,18-20H2,1-5H3,(H,35,40)(H,38,39)/t21-,25?,31?/m1/s1. The number of aliphatic carboxylic acids is 1. The first-order valence-electron chi connectivity index (χ1n) is 14.7. The minimum absolute atomic E-state index is 0.0601. The van der Waals surface area contributed by atoms with E-state index < -0.39 is 42.3 Å². The van der Waals surface area contributed by atoms with Crippen LogP contribution in [0.5, 0.6) is 11.5 Å². The summed E-state index contributed by atoms with van der Waals surface area (Å²) in [5, 5.41) is 12.6. The smallest absolute Gasteiger partial charge is 0.329 e. The summed E-state index contributed by atoms with van der Waals surface area (Å²) in [5.74, 6) is -4.15. The Kier molecular flexibility index (Phi) is 11.5. The van der Waals surface area contributed by atoms with Crippen LogP contribution in [0.3, 0.4) is 0 Å². The first kappa shape index (κ1) is 33.8. The average molecular weight is 605 g/mol. The van der Waals surface area contributed by atoms with Crippen LogP contribution in [-0.2, 0) is 16.0 Å². The van der Waals surface area contributed by atoms with Gasteiger partial charge < -0.3 is 29.5 Å². The van der Waals surface area contributed by atoms with Gasteiger partial charge in [-0.15, -0.1) is 0 Å². The number of ketones is 1. The van der Waals surface area contributed by atoms with Crippen LogP contribution in [0.25, 0.3) is 0 Å². The summed E-state index contributed by atoms with van der Waals surface area (Å²) >= 11 is 0. The highest BCUT2D eigenvalue weighted by molar-refractivity contribution is 6.00. The number of carboxylic acid groups (broad SMARTS) is 1. The zero-order valence-corrected chi connectivity index (χ0v) is 25.5. The largest absolute Gasteiger partial charge is 0.493 e. The third-order valence-electron chi connectivity index (χ3n) is 7.59. The molecule has 3 rings (SSSR count). The maximum Gasteiger partial charge on any atom is 0.329 e. The van der Waals surface area contributed by atoms with Gasteiger partial charge in [0.15, 0.2) is 5.78 Å². The van der Waals surface area contributed by atoms with Crippen LogP contribution in [0, 0.1) is 0 Å². The predicted octanol–water partition coefficient (Wildman–Crippen LogP) is 6.05. The summed E-state index contributed by atoms with van der Waals surface area (Å²) < 4.78 is 47.4. The van der Waals surface area contributed by atoms with Gasteiger partial charge in [-0.1, -0.05) is 30.3 Å². The zero-order chi connectivity index (χ0) is 31.8. The van der Waals surface area contributed by atoms with Crippen molar-refractivity contribution in [3.8, 4) is 11.5 Å². The van der Waals surface area contributed by atoms with Crippen molar-refractivity contribution >= 4 is 17.8 Å². The number of urea groups is 1. The van der Waals surface area contributed by atoms with Crippen molar-refractivity contribution in [2.45, 2.75) is 83.9 Å². The minimum Gasteiger partial charge on any atom is -0.493 e. The molecule has 9 nitrogen and oxygen atoms in total. The van der Waals surface area contributed by atoms with Gasteiger partial charge >= 0.3 is 12.0 Å². The summed E-state index contributed by atoms with van der Waals surface area (Å²) in [4.78, 5) is 39.7. The van der Waals surface area contributed by atoms with Crippen molar-refractivity contribution in [3.63, 3.8) is 0 Å². The number of carbonyl (C=O) groups excluding carboxylic acids is 2. The second kappa shape index (κ2) is 14.6. The van der Waals surface area contributed by atoms with Gasteiger partial charge in [-0.25, -0.2) is 18.4 Å². The topological polar surface area (TPSA) is 114 Å². The Hall–Kier alpha value is -3.73. The lowest BCUT2D eigenvalue weighted by Gasteiger charge is -2.45. The molecule has 0 spiro atoms. The van der Waals surface area contributed by atoms with Crippen LogP contribution < -0.4 is 14.8 Å². The Morgan fingerprint density at radius 1 is 1.05 bits per heavy atom. The molecule has 0 aliphatic heterocycles. The number of nitrogens with zero attached hydrogens (tertiary/aromatic N) is 1. The SMILES string of the molecule is CCOc1cc([C@@H](C)N(CCC(F)(F)Cc2ccccc2)C(=O)NC2(C(=O)O)CC(OCC)C2)cc(OCC)c1C(C)=O. The van der Waals surface area contributed by atoms with Crippen LogP contribution in [0.4, 0.5) is 13.6 Å². The van der Waals surface area contributed by atoms with E-state index in [4.69, 9.17) is 14.2 Å². The lowest BCUT2D eigenvalue weighted by atomic mass is 9.74. The number of carbonyl (C=O) groups is 3. The number of amides is 2. The Bertz CT molecular complexity index is 1240. The molecule has 1 saturated carbocycles. The molecule has 1 aliphatic rings.